The van der Waals surface area contributed by atoms with Gasteiger partial charge in [-0.15, -0.1) is 0 Å². The van der Waals surface area contributed by atoms with Crippen LogP contribution in [0.5, 0.6) is 0 Å². The average molecular weight is 347 g/mol. The maximum atomic E-state index is 5.91. The van der Waals surface area contributed by atoms with Crippen molar-refractivity contribution < 1.29 is 0 Å². The Morgan fingerprint density at radius 1 is 1.19 bits per heavy atom. The van der Waals surface area contributed by atoms with E-state index in [4.69, 9.17) is 11.6 Å². The Hall–Kier alpha value is -0.0200. The third kappa shape index (κ3) is 2.80. The lowest BCUT2D eigenvalue weighted by atomic mass is 9.77. The van der Waals surface area contributed by atoms with E-state index in [0.717, 1.165) is 5.02 Å². The summed E-state index contributed by atoms with van der Waals surface area (Å²) >= 11 is 8.42. The molecule has 2 heteroatoms. The van der Waals surface area contributed by atoms with Gasteiger partial charge in [0.2, 0.25) is 0 Å². The summed E-state index contributed by atoms with van der Waals surface area (Å²) < 4.78 is 1.51. The van der Waals surface area contributed by atoms with Crippen LogP contribution in [0.15, 0.2) is 27.8 Å². The summed E-state index contributed by atoms with van der Waals surface area (Å²) in [5, 5.41) is 0.815. The van der Waals surface area contributed by atoms with Crippen molar-refractivity contribution in [2.24, 2.45) is 5.41 Å². The standard InChI is InChI=1S/C14H16ClI/c1-14(2)8-7-12(13(16)9-14)10-3-5-11(15)6-4-10/h3-6H,7-9H2,1-2H3. The van der Waals surface area contributed by atoms with Gasteiger partial charge in [0.15, 0.2) is 0 Å². The second-order valence-electron chi connectivity index (χ2n) is 5.23. The molecule has 0 unspecified atom stereocenters. The molecule has 0 heterocycles. The summed E-state index contributed by atoms with van der Waals surface area (Å²) in [5.41, 5.74) is 3.31. The highest BCUT2D eigenvalue weighted by atomic mass is 127. The lowest BCUT2D eigenvalue weighted by molar-refractivity contribution is 0.333. The predicted octanol–water partition coefficient (Wildman–Crippen LogP) is 5.70. The fourth-order valence-electron chi connectivity index (χ4n) is 2.17. The summed E-state index contributed by atoms with van der Waals surface area (Å²) in [6.07, 6.45) is 3.66. The van der Waals surface area contributed by atoms with Crippen molar-refractivity contribution >= 4 is 39.8 Å². The number of benzene rings is 1. The highest BCUT2D eigenvalue weighted by molar-refractivity contribution is 14.1. The second kappa shape index (κ2) is 4.69. The summed E-state index contributed by atoms with van der Waals surface area (Å²) in [4.78, 5) is 0. The summed E-state index contributed by atoms with van der Waals surface area (Å²) in [6.45, 7) is 4.70. The largest absolute Gasteiger partial charge is 0.0843 e. The van der Waals surface area contributed by atoms with Crippen molar-refractivity contribution in [1.29, 1.82) is 0 Å². The van der Waals surface area contributed by atoms with Gasteiger partial charge in [0.1, 0.15) is 0 Å². The fourth-order valence-corrected chi connectivity index (χ4v) is 3.91. The molecular weight excluding hydrogens is 331 g/mol. The number of hydrogen-bond acceptors (Lipinski definition) is 0. The van der Waals surface area contributed by atoms with E-state index in [0.29, 0.717) is 5.41 Å². The first-order chi connectivity index (χ1) is 7.48. The Bertz CT molecular complexity index is 415. The van der Waals surface area contributed by atoms with E-state index in [2.05, 4.69) is 48.6 Å². The molecule has 1 aromatic rings. The smallest absolute Gasteiger partial charge is 0.0406 e. The van der Waals surface area contributed by atoms with Crippen LogP contribution in [0.25, 0.3) is 5.57 Å². The van der Waals surface area contributed by atoms with Gasteiger partial charge in [-0.25, -0.2) is 0 Å². The molecule has 0 radical (unpaired) electrons. The van der Waals surface area contributed by atoms with E-state index < -0.39 is 0 Å². The Labute approximate surface area is 116 Å². The molecule has 0 nitrogen and oxygen atoms in total. The molecule has 0 bridgehead atoms. The Morgan fingerprint density at radius 2 is 1.81 bits per heavy atom. The lowest BCUT2D eigenvalue weighted by Gasteiger charge is -2.31. The lowest BCUT2D eigenvalue weighted by Crippen LogP contribution is -2.16. The van der Waals surface area contributed by atoms with Crippen molar-refractivity contribution in [1.82, 2.24) is 0 Å². The number of hydrogen-bond donors (Lipinski definition) is 0. The van der Waals surface area contributed by atoms with E-state index in [-0.39, 0.29) is 0 Å². The summed E-state index contributed by atoms with van der Waals surface area (Å²) in [7, 11) is 0. The monoisotopic (exact) mass is 346 g/mol. The Morgan fingerprint density at radius 3 is 2.38 bits per heavy atom. The van der Waals surface area contributed by atoms with E-state index >= 15 is 0 Å². The number of rotatable bonds is 1. The highest BCUT2D eigenvalue weighted by Crippen LogP contribution is 2.44. The topological polar surface area (TPSA) is 0 Å². The van der Waals surface area contributed by atoms with Gasteiger partial charge in [-0.2, -0.15) is 0 Å². The molecule has 0 spiro atoms. The Balaban J connectivity index is 2.31. The molecular formula is C14H16ClI. The molecule has 2 rings (SSSR count). The number of allylic oxidation sites excluding steroid dienone is 2. The molecule has 0 saturated carbocycles. The van der Waals surface area contributed by atoms with Gasteiger partial charge < -0.3 is 0 Å². The van der Waals surface area contributed by atoms with Crippen molar-refractivity contribution in [3.8, 4) is 0 Å². The van der Waals surface area contributed by atoms with Crippen LogP contribution in [0.4, 0.5) is 0 Å². The van der Waals surface area contributed by atoms with Gasteiger partial charge in [-0.05, 0) is 74.1 Å². The first-order valence-corrected chi connectivity index (χ1v) is 7.07. The first kappa shape index (κ1) is 12.4. The second-order valence-corrected chi connectivity index (χ2v) is 6.97. The minimum atomic E-state index is 0.465. The molecule has 86 valence electrons. The predicted molar refractivity (Wildman–Crippen MR) is 80.0 cm³/mol. The van der Waals surface area contributed by atoms with Crippen molar-refractivity contribution in [2.75, 3.05) is 0 Å². The third-order valence-electron chi connectivity index (χ3n) is 3.21. The van der Waals surface area contributed by atoms with Crippen LogP contribution in [0.2, 0.25) is 5.02 Å². The van der Waals surface area contributed by atoms with Gasteiger partial charge in [0.25, 0.3) is 0 Å². The SMILES string of the molecule is CC1(C)CCC(c2ccc(Cl)cc2)=C(I)C1. The van der Waals surface area contributed by atoms with Crippen molar-refractivity contribution in [3.05, 3.63) is 38.4 Å². The van der Waals surface area contributed by atoms with Crippen LogP contribution in [0.1, 0.15) is 38.7 Å². The minimum Gasteiger partial charge on any atom is -0.0843 e. The molecule has 0 aromatic heterocycles. The molecule has 0 amide bonds. The molecule has 16 heavy (non-hydrogen) atoms. The average Bonchev–Trinajstić information content (AvgIpc) is 2.19. The quantitative estimate of drug-likeness (QED) is 0.572. The molecule has 1 aliphatic carbocycles. The van der Waals surface area contributed by atoms with Crippen LogP contribution in [-0.2, 0) is 0 Å². The summed E-state index contributed by atoms with van der Waals surface area (Å²) in [5.74, 6) is 0. The third-order valence-corrected chi connectivity index (χ3v) is 4.49. The van der Waals surface area contributed by atoms with E-state index in [1.165, 1.54) is 34.0 Å². The van der Waals surface area contributed by atoms with Crippen LogP contribution in [-0.4, -0.2) is 0 Å². The van der Waals surface area contributed by atoms with Crippen LogP contribution < -0.4 is 0 Å². The molecule has 0 atom stereocenters. The molecule has 0 N–H and O–H groups in total. The molecule has 0 aliphatic heterocycles. The Kier molecular flexibility index (Phi) is 3.65. The van der Waals surface area contributed by atoms with E-state index in [9.17, 15) is 0 Å². The molecule has 0 fully saturated rings. The summed E-state index contributed by atoms with van der Waals surface area (Å²) in [6, 6.07) is 8.23. The van der Waals surface area contributed by atoms with Crippen LogP contribution in [0, 0.1) is 5.41 Å². The maximum absolute atomic E-state index is 5.91. The van der Waals surface area contributed by atoms with Gasteiger partial charge >= 0.3 is 0 Å². The van der Waals surface area contributed by atoms with Crippen LogP contribution >= 0.6 is 34.2 Å². The zero-order valence-electron chi connectivity index (χ0n) is 9.69. The highest BCUT2D eigenvalue weighted by Gasteiger charge is 2.26. The number of halogens is 2. The van der Waals surface area contributed by atoms with Crippen molar-refractivity contribution in [3.63, 3.8) is 0 Å². The maximum Gasteiger partial charge on any atom is 0.0406 e. The first-order valence-electron chi connectivity index (χ1n) is 5.61. The van der Waals surface area contributed by atoms with E-state index in [1.807, 2.05) is 12.1 Å². The van der Waals surface area contributed by atoms with Gasteiger partial charge in [0.05, 0.1) is 0 Å². The van der Waals surface area contributed by atoms with Gasteiger partial charge in [-0.3, -0.25) is 0 Å². The normalized spacial score (nSPS) is 20.0. The fraction of sp³-hybridized carbons (Fsp3) is 0.429. The zero-order chi connectivity index (χ0) is 11.8. The molecule has 1 aromatic carbocycles. The van der Waals surface area contributed by atoms with Crippen molar-refractivity contribution in [2.45, 2.75) is 33.1 Å². The minimum absolute atomic E-state index is 0.465. The zero-order valence-corrected chi connectivity index (χ0v) is 12.6. The van der Waals surface area contributed by atoms with Gasteiger partial charge in [-0.1, -0.05) is 37.6 Å². The molecule has 0 saturated heterocycles. The molecule has 1 aliphatic rings. The van der Waals surface area contributed by atoms with Gasteiger partial charge in [0, 0.05) is 5.02 Å². The van der Waals surface area contributed by atoms with E-state index in [1.54, 1.807) is 0 Å². The van der Waals surface area contributed by atoms with Crippen LogP contribution in [0.3, 0.4) is 0 Å².